The first-order chi connectivity index (χ1) is 11.2. The van der Waals surface area contributed by atoms with Crippen LogP contribution in [0.4, 0.5) is 0 Å². The zero-order valence-electron chi connectivity index (χ0n) is 14.4. The number of carbonyl (C=O) groups is 1. The maximum atomic E-state index is 12.3. The summed E-state index contributed by atoms with van der Waals surface area (Å²) in [6, 6.07) is 8.59. The minimum Gasteiger partial charge on any atom is -0.349 e. The molecule has 2 fully saturated rings. The Bertz CT molecular complexity index is 497. The molecule has 1 saturated carbocycles. The third kappa shape index (κ3) is 4.81. The van der Waals surface area contributed by atoms with Gasteiger partial charge in [-0.15, -0.1) is 0 Å². The molecule has 1 heterocycles. The van der Waals surface area contributed by atoms with Gasteiger partial charge in [0.1, 0.15) is 0 Å². The van der Waals surface area contributed by atoms with E-state index in [-0.39, 0.29) is 5.91 Å². The fourth-order valence-electron chi connectivity index (χ4n) is 3.76. The smallest absolute Gasteiger partial charge is 0.251 e. The summed E-state index contributed by atoms with van der Waals surface area (Å²) >= 11 is 0. The molecule has 1 aromatic carbocycles. The highest BCUT2D eigenvalue weighted by Crippen LogP contribution is 2.19. The lowest BCUT2D eigenvalue weighted by Gasteiger charge is -2.30. The normalized spacial score (nSPS) is 21.3. The molecule has 1 aliphatic carbocycles. The molecule has 1 N–H and O–H groups in total. The van der Waals surface area contributed by atoms with Gasteiger partial charge in [0.05, 0.1) is 0 Å². The highest BCUT2D eigenvalue weighted by Gasteiger charge is 2.17. The molecule has 1 aliphatic heterocycles. The molecule has 1 aromatic rings. The van der Waals surface area contributed by atoms with Crippen molar-refractivity contribution in [2.24, 2.45) is 5.92 Å². The molecule has 23 heavy (non-hydrogen) atoms. The van der Waals surface area contributed by atoms with Gasteiger partial charge in [-0.2, -0.15) is 0 Å². The minimum absolute atomic E-state index is 0.0928. The number of piperidine rings is 1. The van der Waals surface area contributed by atoms with Gasteiger partial charge in [-0.05, 0) is 62.4 Å². The molecule has 0 aromatic heterocycles. The van der Waals surface area contributed by atoms with E-state index in [0.717, 1.165) is 30.9 Å². The number of nitrogens with one attached hydrogen (secondary N) is 1. The van der Waals surface area contributed by atoms with Crippen molar-refractivity contribution in [2.75, 3.05) is 13.1 Å². The van der Waals surface area contributed by atoms with Crippen molar-refractivity contribution < 1.29 is 4.79 Å². The fraction of sp³-hybridized carbons (Fsp3) is 0.650. The van der Waals surface area contributed by atoms with E-state index in [1.165, 1.54) is 50.8 Å². The van der Waals surface area contributed by atoms with Gasteiger partial charge >= 0.3 is 0 Å². The van der Waals surface area contributed by atoms with Crippen molar-refractivity contribution >= 4 is 5.91 Å². The van der Waals surface area contributed by atoms with Gasteiger partial charge in [-0.3, -0.25) is 9.69 Å². The third-order valence-electron chi connectivity index (χ3n) is 5.44. The number of benzene rings is 1. The molecule has 1 amide bonds. The Morgan fingerprint density at radius 2 is 1.70 bits per heavy atom. The van der Waals surface area contributed by atoms with E-state index in [2.05, 4.69) is 29.3 Å². The Morgan fingerprint density at radius 1 is 1.04 bits per heavy atom. The van der Waals surface area contributed by atoms with Gasteiger partial charge in [0.2, 0.25) is 0 Å². The zero-order valence-corrected chi connectivity index (χ0v) is 14.4. The molecule has 126 valence electrons. The first-order valence-corrected chi connectivity index (χ1v) is 9.33. The van der Waals surface area contributed by atoms with Gasteiger partial charge < -0.3 is 5.32 Å². The molecule has 0 unspecified atom stereocenters. The van der Waals surface area contributed by atoms with Gasteiger partial charge in [0.25, 0.3) is 5.91 Å². The first kappa shape index (κ1) is 16.5. The fourth-order valence-corrected chi connectivity index (χ4v) is 3.76. The number of hydrogen-bond acceptors (Lipinski definition) is 2. The maximum Gasteiger partial charge on any atom is 0.251 e. The molecule has 0 bridgehead atoms. The SMILES string of the molecule is CC1CCN(Cc2ccc(C(=O)NC3CCCCC3)cc2)CC1. The molecule has 0 spiro atoms. The summed E-state index contributed by atoms with van der Waals surface area (Å²) in [5.74, 6) is 0.965. The van der Waals surface area contributed by atoms with E-state index < -0.39 is 0 Å². The molecule has 3 rings (SSSR count). The summed E-state index contributed by atoms with van der Waals surface area (Å²) in [5, 5.41) is 3.19. The largest absolute Gasteiger partial charge is 0.349 e. The summed E-state index contributed by atoms with van der Waals surface area (Å²) in [5.41, 5.74) is 2.11. The quantitative estimate of drug-likeness (QED) is 0.911. The van der Waals surface area contributed by atoms with E-state index >= 15 is 0 Å². The van der Waals surface area contributed by atoms with Crippen molar-refractivity contribution in [2.45, 2.75) is 64.5 Å². The van der Waals surface area contributed by atoms with Crippen LogP contribution < -0.4 is 5.32 Å². The number of carbonyl (C=O) groups excluding carboxylic acids is 1. The summed E-state index contributed by atoms with van der Waals surface area (Å²) in [6.07, 6.45) is 8.70. The Morgan fingerprint density at radius 3 is 2.35 bits per heavy atom. The van der Waals surface area contributed by atoms with Gasteiger partial charge in [-0.25, -0.2) is 0 Å². The Balaban J connectivity index is 1.51. The predicted octanol–water partition coefficient (Wildman–Crippen LogP) is 3.98. The summed E-state index contributed by atoms with van der Waals surface area (Å²) in [4.78, 5) is 14.9. The highest BCUT2D eigenvalue weighted by atomic mass is 16.1. The second kappa shape index (κ2) is 7.96. The summed E-state index contributed by atoms with van der Waals surface area (Å²) < 4.78 is 0. The van der Waals surface area contributed by atoms with Crippen LogP contribution in [0.5, 0.6) is 0 Å². The number of amides is 1. The van der Waals surface area contributed by atoms with Crippen LogP contribution in [0.25, 0.3) is 0 Å². The van der Waals surface area contributed by atoms with E-state index in [1.54, 1.807) is 0 Å². The van der Waals surface area contributed by atoms with Crippen LogP contribution >= 0.6 is 0 Å². The van der Waals surface area contributed by atoms with Gasteiger partial charge in [-0.1, -0.05) is 38.3 Å². The van der Waals surface area contributed by atoms with Gasteiger partial charge in [0, 0.05) is 18.2 Å². The average molecular weight is 314 g/mol. The molecule has 3 nitrogen and oxygen atoms in total. The van der Waals surface area contributed by atoms with Gasteiger partial charge in [0.15, 0.2) is 0 Å². The Kier molecular flexibility index (Phi) is 5.71. The van der Waals surface area contributed by atoms with Crippen LogP contribution in [0.15, 0.2) is 24.3 Å². The highest BCUT2D eigenvalue weighted by molar-refractivity contribution is 5.94. The summed E-state index contributed by atoms with van der Waals surface area (Å²) in [6.45, 7) is 5.75. The minimum atomic E-state index is 0.0928. The first-order valence-electron chi connectivity index (χ1n) is 9.33. The second-order valence-corrected chi connectivity index (χ2v) is 7.46. The van der Waals surface area contributed by atoms with Crippen molar-refractivity contribution in [3.63, 3.8) is 0 Å². The lowest BCUT2D eigenvalue weighted by atomic mass is 9.95. The van der Waals surface area contributed by atoms with E-state index in [0.29, 0.717) is 6.04 Å². The van der Waals surface area contributed by atoms with Crippen molar-refractivity contribution in [1.82, 2.24) is 10.2 Å². The maximum absolute atomic E-state index is 12.3. The van der Waals surface area contributed by atoms with Crippen LogP contribution in [0.3, 0.4) is 0 Å². The lowest BCUT2D eigenvalue weighted by Crippen LogP contribution is -2.36. The molecule has 0 atom stereocenters. The third-order valence-corrected chi connectivity index (χ3v) is 5.44. The van der Waals surface area contributed by atoms with Crippen molar-refractivity contribution in [3.05, 3.63) is 35.4 Å². The van der Waals surface area contributed by atoms with Crippen LogP contribution in [0, 0.1) is 5.92 Å². The molecular formula is C20H30N2O. The molecule has 3 heteroatoms. The standard InChI is InChI=1S/C20H30N2O/c1-16-11-13-22(14-12-16)15-17-7-9-18(10-8-17)20(23)21-19-5-3-2-4-6-19/h7-10,16,19H,2-6,11-15H2,1H3,(H,21,23). The van der Waals surface area contributed by atoms with E-state index in [1.807, 2.05) is 12.1 Å². The number of nitrogens with zero attached hydrogens (tertiary/aromatic N) is 1. The van der Waals surface area contributed by atoms with Crippen molar-refractivity contribution in [1.29, 1.82) is 0 Å². The van der Waals surface area contributed by atoms with Crippen molar-refractivity contribution in [3.8, 4) is 0 Å². The number of rotatable bonds is 4. The average Bonchev–Trinajstić information content (AvgIpc) is 2.58. The van der Waals surface area contributed by atoms with Crippen LogP contribution in [0.2, 0.25) is 0 Å². The molecule has 2 aliphatic rings. The molecule has 1 saturated heterocycles. The molecular weight excluding hydrogens is 284 g/mol. The van der Waals surface area contributed by atoms with E-state index in [4.69, 9.17) is 0 Å². The van der Waals surface area contributed by atoms with Crippen LogP contribution in [-0.4, -0.2) is 29.9 Å². The second-order valence-electron chi connectivity index (χ2n) is 7.46. The predicted molar refractivity (Wildman–Crippen MR) is 94.5 cm³/mol. The number of hydrogen-bond donors (Lipinski definition) is 1. The van der Waals surface area contributed by atoms with E-state index in [9.17, 15) is 4.79 Å². The van der Waals surface area contributed by atoms with Crippen LogP contribution in [-0.2, 0) is 6.54 Å². The Hall–Kier alpha value is -1.35. The molecule has 0 radical (unpaired) electrons. The topological polar surface area (TPSA) is 32.3 Å². The Labute approximate surface area is 140 Å². The lowest BCUT2D eigenvalue weighted by molar-refractivity contribution is 0.0927. The monoisotopic (exact) mass is 314 g/mol. The number of likely N-dealkylation sites (tertiary alicyclic amines) is 1. The zero-order chi connectivity index (χ0) is 16.1. The van der Waals surface area contributed by atoms with Crippen LogP contribution in [0.1, 0.15) is 67.8 Å². The summed E-state index contributed by atoms with van der Waals surface area (Å²) in [7, 11) is 0.